The fraction of sp³-hybridized carbons (Fsp3) is 0.875. The van der Waals surface area contributed by atoms with Crippen LogP contribution in [0, 0.1) is 11.8 Å². The van der Waals surface area contributed by atoms with Crippen molar-refractivity contribution in [2.45, 2.75) is 33.2 Å². The van der Waals surface area contributed by atoms with E-state index in [9.17, 15) is 9.59 Å². The van der Waals surface area contributed by atoms with Crippen LogP contribution >= 0.6 is 0 Å². The second kappa shape index (κ2) is 7.42. The van der Waals surface area contributed by atoms with E-state index < -0.39 is 12.0 Å². The highest BCUT2D eigenvalue weighted by atomic mass is 16.4. The smallest absolute Gasteiger partial charge is 0.320 e. The number of carboxylic acids is 1. The van der Waals surface area contributed by atoms with Crippen molar-refractivity contribution >= 4 is 11.9 Å². The highest BCUT2D eigenvalue weighted by Gasteiger charge is 2.29. The van der Waals surface area contributed by atoms with E-state index in [1.165, 1.54) is 6.42 Å². The van der Waals surface area contributed by atoms with Crippen molar-refractivity contribution in [3.8, 4) is 0 Å². The van der Waals surface area contributed by atoms with Crippen LogP contribution in [0.15, 0.2) is 0 Å². The summed E-state index contributed by atoms with van der Waals surface area (Å²) in [5.74, 6) is 0.612. The van der Waals surface area contributed by atoms with Gasteiger partial charge in [-0.1, -0.05) is 13.8 Å². The van der Waals surface area contributed by atoms with Crippen molar-refractivity contribution in [2.24, 2.45) is 11.8 Å². The first-order chi connectivity index (χ1) is 10.4. The summed E-state index contributed by atoms with van der Waals surface area (Å²) in [5, 5.41) is 9.05. The van der Waals surface area contributed by atoms with Gasteiger partial charge in [0.1, 0.15) is 6.04 Å². The van der Waals surface area contributed by atoms with Gasteiger partial charge in [0.25, 0.3) is 0 Å². The predicted octanol–water partition coefficient (Wildman–Crippen LogP) is 0.582. The van der Waals surface area contributed by atoms with Crippen molar-refractivity contribution in [3.05, 3.63) is 0 Å². The second-order valence-corrected chi connectivity index (χ2v) is 7.07. The molecule has 0 aliphatic carbocycles. The standard InChI is InChI=1S/C16H29N3O3/c1-12-8-13(2)10-19(9-12)15(20)11-17-4-6-18(7-5-17)14(3)16(21)22/h12-14H,4-11H2,1-3H3,(H,21,22)/t12-,13-,14-/m1/s1. The molecule has 0 bridgehead atoms. The Morgan fingerprint density at radius 2 is 1.64 bits per heavy atom. The van der Waals surface area contributed by atoms with E-state index in [2.05, 4.69) is 18.7 Å². The van der Waals surface area contributed by atoms with Crippen LogP contribution < -0.4 is 0 Å². The number of nitrogens with zero attached hydrogens (tertiary/aromatic N) is 3. The molecular weight excluding hydrogens is 282 g/mol. The van der Waals surface area contributed by atoms with Crippen LogP contribution in [0.1, 0.15) is 27.2 Å². The van der Waals surface area contributed by atoms with E-state index in [1.807, 2.05) is 9.80 Å². The first-order valence-electron chi connectivity index (χ1n) is 8.33. The van der Waals surface area contributed by atoms with Crippen molar-refractivity contribution in [1.29, 1.82) is 0 Å². The fourth-order valence-corrected chi connectivity index (χ4v) is 3.62. The Bertz CT molecular complexity index is 397. The first kappa shape index (κ1) is 17.2. The quantitative estimate of drug-likeness (QED) is 0.823. The van der Waals surface area contributed by atoms with E-state index in [-0.39, 0.29) is 5.91 Å². The topological polar surface area (TPSA) is 64.1 Å². The molecule has 1 amide bonds. The Balaban J connectivity index is 1.78. The summed E-state index contributed by atoms with van der Waals surface area (Å²) in [4.78, 5) is 29.6. The van der Waals surface area contributed by atoms with Crippen LogP contribution in [0.3, 0.4) is 0 Å². The number of rotatable bonds is 4. The lowest BCUT2D eigenvalue weighted by molar-refractivity contribution is -0.144. The Morgan fingerprint density at radius 3 is 2.14 bits per heavy atom. The van der Waals surface area contributed by atoms with E-state index in [4.69, 9.17) is 5.11 Å². The molecule has 1 N–H and O–H groups in total. The minimum atomic E-state index is -0.777. The van der Waals surface area contributed by atoms with E-state index in [0.29, 0.717) is 31.5 Å². The molecule has 126 valence electrons. The number of aliphatic carboxylic acids is 1. The van der Waals surface area contributed by atoms with Crippen LogP contribution in [0.25, 0.3) is 0 Å². The largest absolute Gasteiger partial charge is 0.480 e. The monoisotopic (exact) mass is 311 g/mol. The molecule has 0 unspecified atom stereocenters. The Morgan fingerprint density at radius 1 is 1.09 bits per heavy atom. The molecule has 2 fully saturated rings. The van der Waals surface area contributed by atoms with Crippen molar-refractivity contribution in [3.63, 3.8) is 0 Å². The SMILES string of the molecule is C[C@@H]1C[C@@H](C)CN(C(=O)CN2CCN([C@H](C)C(=O)O)CC2)C1. The van der Waals surface area contributed by atoms with Gasteiger partial charge in [0.2, 0.25) is 5.91 Å². The number of hydrogen-bond donors (Lipinski definition) is 1. The lowest BCUT2D eigenvalue weighted by Gasteiger charge is -2.39. The third-order valence-corrected chi connectivity index (χ3v) is 4.89. The van der Waals surface area contributed by atoms with E-state index >= 15 is 0 Å². The zero-order valence-electron chi connectivity index (χ0n) is 14.0. The maximum absolute atomic E-state index is 12.5. The summed E-state index contributed by atoms with van der Waals surface area (Å²) >= 11 is 0. The molecule has 0 spiro atoms. The summed E-state index contributed by atoms with van der Waals surface area (Å²) in [7, 11) is 0. The van der Waals surface area contributed by atoms with Gasteiger partial charge in [-0.05, 0) is 25.2 Å². The van der Waals surface area contributed by atoms with Crippen LogP contribution in [-0.2, 0) is 9.59 Å². The Kier molecular flexibility index (Phi) is 5.81. The summed E-state index contributed by atoms with van der Waals surface area (Å²) in [5.41, 5.74) is 0. The van der Waals surface area contributed by atoms with Crippen molar-refractivity contribution < 1.29 is 14.7 Å². The van der Waals surface area contributed by atoms with Gasteiger partial charge < -0.3 is 10.0 Å². The fourth-order valence-electron chi connectivity index (χ4n) is 3.62. The number of piperidine rings is 1. The van der Waals surface area contributed by atoms with Crippen LogP contribution in [-0.4, -0.2) is 83.5 Å². The van der Waals surface area contributed by atoms with E-state index in [1.54, 1.807) is 6.92 Å². The van der Waals surface area contributed by atoms with Gasteiger partial charge in [0.15, 0.2) is 0 Å². The molecule has 2 aliphatic rings. The van der Waals surface area contributed by atoms with Gasteiger partial charge in [-0.25, -0.2) is 0 Å². The molecule has 22 heavy (non-hydrogen) atoms. The van der Waals surface area contributed by atoms with Gasteiger partial charge in [-0.15, -0.1) is 0 Å². The molecule has 0 aromatic carbocycles. The minimum Gasteiger partial charge on any atom is -0.480 e. The number of amides is 1. The highest BCUT2D eigenvalue weighted by molar-refractivity contribution is 5.78. The van der Waals surface area contributed by atoms with Crippen LogP contribution in [0.2, 0.25) is 0 Å². The van der Waals surface area contributed by atoms with Gasteiger partial charge in [-0.3, -0.25) is 19.4 Å². The van der Waals surface area contributed by atoms with Crippen molar-refractivity contribution in [1.82, 2.24) is 14.7 Å². The summed E-state index contributed by atoms with van der Waals surface area (Å²) in [6.07, 6.45) is 1.20. The number of carbonyl (C=O) groups excluding carboxylic acids is 1. The molecule has 2 saturated heterocycles. The second-order valence-electron chi connectivity index (χ2n) is 7.07. The third kappa shape index (κ3) is 4.43. The molecule has 0 radical (unpaired) electrons. The molecule has 6 heteroatoms. The highest BCUT2D eigenvalue weighted by Crippen LogP contribution is 2.21. The number of carbonyl (C=O) groups is 2. The number of carboxylic acid groups (broad SMARTS) is 1. The van der Waals surface area contributed by atoms with E-state index in [0.717, 1.165) is 26.2 Å². The number of hydrogen-bond acceptors (Lipinski definition) is 4. The molecule has 0 aromatic rings. The first-order valence-corrected chi connectivity index (χ1v) is 8.33. The number of piperazine rings is 1. The van der Waals surface area contributed by atoms with Crippen molar-refractivity contribution in [2.75, 3.05) is 45.8 Å². The van der Waals surface area contributed by atoms with Gasteiger partial charge in [-0.2, -0.15) is 0 Å². The molecule has 0 saturated carbocycles. The number of likely N-dealkylation sites (tertiary alicyclic amines) is 1. The molecule has 6 nitrogen and oxygen atoms in total. The third-order valence-electron chi connectivity index (χ3n) is 4.89. The molecule has 2 heterocycles. The summed E-state index contributed by atoms with van der Waals surface area (Å²) in [6, 6.07) is -0.443. The molecule has 0 aromatic heterocycles. The lowest BCUT2D eigenvalue weighted by atomic mass is 9.92. The molecule has 2 rings (SSSR count). The summed E-state index contributed by atoms with van der Waals surface area (Å²) in [6.45, 7) is 11.3. The Labute approximate surface area is 133 Å². The zero-order valence-corrected chi connectivity index (χ0v) is 14.0. The normalized spacial score (nSPS) is 29.3. The lowest BCUT2D eigenvalue weighted by Crippen LogP contribution is -2.54. The van der Waals surface area contributed by atoms with Gasteiger partial charge in [0, 0.05) is 39.3 Å². The Hall–Kier alpha value is -1.14. The maximum Gasteiger partial charge on any atom is 0.320 e. The minimum absolute atomic E-state index is 0.220. The zero-order chi connectivity index (χ0) is 16.3. The van der Waals surface area contributed by atoms with Crippen LogP contribution in [0.5, 0.6) is 0 Å². The van der Waals surface area contributed by atoms with Gasteiger partial charge >= 0.3 is 5.97 Å². The maximum atomic E-state index is 12.5. The van der Waals surface area contributed by atoms with Crippen LogP contribution in [0.4, 0.5) is 0 Å². The summed E-state index contributed by atoms with van der Waals surface area (Å²) < 4.78 is 0. The average Bonchev–Trinajstić information content (AvgIpc) is 2.46. The predicted molar refractivity (Wildman–Crippen MR) is 84.6 cm³/mol. The molecule has 2 aliphatic heterocycles. The van der Waals surface area contributed by atoms with Gasteiger partial charge in [0.05, 0.1) is 6.54 Å². The molecular formula is C16H29N3O3. The molecule has 3 atom stereocenters. The average molecular weight is 311 g/mol.